The van der Waals surface area contributed by atoms with Crippen molar-refractivity contribution in [3.05, 3.63) is 0 Å². The van der Waals surface area contributed by atoms with Gasteiger partial charge in [-0.1, -0.05) is 5.16 Å². The number of nitrogens with one attached hydrogen (secondary N) is 1. The van der Waals surface area contributed by atoms with Gasteiger partial charge in [0.1, 0.15) is 5.84 Å². The van der Waals surface area contributed by atoms with Crippen LogP contribution in [0.15, 0.2) is 5.16 Å². The number of hydrogen-bond acceptors (Lipinski definition) is 3. The molecule has 2 bridgehead atoms. The van der Waals surface area contributed by atoms with Crippen molar-refractivity contribution in [3.63, 3.8) is 0 Å². The largest absolute Gasteiger partial charge is 0.409 e. The average Bonchev–Trinajstić information content (AvgIpc) is 2.79. The van der Waals surface area contributed by atoms with E-state index in [1.165, 1.54) is 19.3 Å². The second kappa shape index (κ2) is 4.14. The fourth-order valence-corrected chi connectivity index (χ4v) is 4.42. The fraction of sp³-hybridized carbons (Fsp3) is 0.846. The molecular weight excluding hydrogens is 230 g/mol. The van der Waals surface area contributed by atoms with Crippen LogP contribution in [-0.4, -0.2) is 23.0 Å². The summed E-state index contributed by atoms with van der Waals surface area (Å²) in [7, 11) is 0. The normalized spacial score (nSPS) is 42.5. The van der Waals surface area contributed by atoms with Crippen LogP contribution in [0.25, 0.3) is 0 Å². The molecule has 18 heavy (non-hydrogen) atoms. The standard InChI is InChI=1S/C13H21N3O2/c1-6(4-9(14)16-18)15-13(17)12-10-7-2-3-8(5-7)11(10)12/h6-8,10-12,18H,2-5H2,1H3,(H2,14,16)(H,15,17). The summed E-state index contributed by atoms with van der Waals surface area (Å²) in [6.07, 6.45) is 4.42. The lowest BCUT2D eigenvalue weighted by atomic mass is 10.0. The molecule has 0 heterocycles. The van der Waals surface area contributed by atoms with Crippen molar-refractivity contribution in [3.8, 4) is 0 Å². The summed E-state index contributed by atoms with van der Waals surface area (Å²) in [5.74, 6) is 3.56. The molecule has 5 unspecified atom stereocenters. The van der Waals surface area contributed by atoms with E-state index in [4.69, 9.17) is 10.9 Å². The van der Waals surface area contributed by atoms with E-state index in [-0.39, 0.29) is 23.7 Å². The molecule has 5 heteroatoms. The Morgan fingerprint density at radius 2 is 2.06 bits per heavy atom. The second-order valence-corrected chi connectivity index (χ2v) is 6.22. The minimum Gasteiger partial charge on any atom is -0.409 e. The van der Waals surface area contributed by atoms with E-state index in [1.807, 2.05) is 6.92 Å². The molecule has 0 aromatic carbocycles. The maximum Gasteiger partial charge on any atom is 0.223 e. The van der Waals surface area contributed by atoms with Crippen molar-refractivity contribution in [2.45, 2.75) is 38.6 Å². The van der Waals surface area contributed by atoms with Gasteiger partial charge in [0.25, 0.3) is 0 Å². The number of nitrogens with zero attached hydrogens (tertiary/aromatic N) is 1. The molecule has 0 radical (unpaired) electrons. The van der Waals surface area contributed by atoms with Crippen LogP contribution in [0.3, 0.4) is 0 Å². The van der Waals surface area contributed by atoms with Crippen molar-refractivity contribution in [1.82, 2.24) is 5.32 Å². The minimum absolute atomic E-state index is 0.0626. The number of carbonyl (C=O) groups excluding carboxylic acids is 1. The zero-order valence-electron chi connectivity index (χ0n) is 10.7. The number of oxime groups is 1. The summed E-state index contributed by atoms with van der Waals surface area (Å²) in [4.78, 5) is 12.2. The number of fused-ring (bicyclic) bond motifs is 5. The van der Waals surface area contributed by atoms with Gasteiger partial charge in [0.05, 0.1) is 0 Å². The van der Waals surface area contributed by atoms with Gasteiger partial charge >= 0.3 is 0 Å². The van der Waals surface area contributed by atoms with Crippen molar-refractivity contribution < 1.29 is 10.0 Å². The third kappa shape index (κ3) is 1.76. The molecule has 0 aliphatic heterocycles. The lowest BCUT2D eigenvalue weighted by molar-refractivity contribution is -0.123. The Balaban J connectivity index is 1.52. The number of carbonyl (C=O) groups is 1. The van der Waals surface area contributed by atoms with Gasteiger partial charge in [0.15, 0.2) is 0 Å². The maximum atomic E-state index is 12.2. The van der Waals surface area contributed by atoms with Crippen LogP contribution in [0.2, 0.25) is 0 Å². The Morgan fingerprint density at radius 1 is 1.44 bits per heavy atom. The van der Waals surface area contributed by atoms with E-state index in [2.05, 4.69) is 10.5 Å². The predicted octanol–water partition coefficient (Wildman–Crippen LogP) is 0.920. The average molecular weight is 251 g/mol. The van der Waals surface area contributed by atoms with Gasteiger partial charge in [-0.15, -0.1) is 0 Å². The van der Waals surface area contributed by atoms with E-state index >= 15 is 0 Å². The summed E-state index contributed by atoms with van der Waals surface area (Å²) in [6.45, 7) is 1.89. The lowest BCUT2D eigenvalue weighted by Gasteiger charge is -2.15. The Morgan fingerprint density at radius 3 is 2.61 bits per heavy atom. The van der Waals surface area contributed by atoms with E-state index < -0.39 is 0 Å². The number of amidine groups is 1. The molecule has 3 aliphatic rings. The number of amides is 1. The summed E-state index contributed by atoms with van der Waals surface area (Å²) in [5, 5.41) is 14.4. The van der Waals surface area contributed by atoms with Crippen LogP contribution in [-0.2, 0) is 4.79 Å². The monoisotopic (exact) mass is 251 g/mol. The molecule has 5 nitrogen and oxygen atoms in total. The van der Waals surface area contributed by atoms with Crippen molar-refractivity contribution in [2.24, 2.45) is 40.5 Å². The van der Waals surface area contributed by atoms with Crippen LogP contribution in [0.4, 0.5) is 0 Å². The highest BCUT2D eigenvalue weighted by molar-refractivity contribution is 5.84. The van der Waals surface area contributed by atoms with Crippen molar-refractivity contribution >= 4 is 11.7 Å². The molecule has 3 rings (SSSR count). The smallest absolute Gasteiger partial charge is 0.223 e. The quantitative estimate of drug-likeness (QED) is 0.300. The van der Waals surface area contributed by atoms with E-state index in [1.54, 1.807) is 0 Å². The van der Waals surface area contributed by atoms with Crippen LogP contribution in [0.1, 0.15) is 32.6 Å². The van der Waals surface area contributed by atoms with Gasteiger partial charge < -0.3 is 16.3 Å². The van der Waals surface area contributed by atoms with Gasteiger partial charge in [-0.2, -0.15) is 0 Å². The van der Waals surface area contributed by atoms with E-state index in [0.717, 1.165) is 11.8 Å². The molecule has 4 N–H and O–H groups in total. The minimum atomic E-state index is -0.0626. The summed E-state index contributed by atoms with van der Waals surface area (Å²) in [5.41, 5.74) is 5.44. The van der Waals surface area contributed by atoms with Gasteiger partial charge in [0.2, 0.25) is 5.91 Å². The number of rotatable bonds is 4. The highest BCUT2D eigenvalue weighted by Gasteiger charge is 2.67. The molecule has 0 aromatic heterocycles. The summed E-state index contributed by atoms with van der Waals surface area (Å²) >= 11 is 0. The zero-order chi connectivity index (χ0) is 12.9. The van der Waals surface area contributed by atoms with Gasteiger partial charge in [0, 0.05) is 18.4 Å². The van der Waals surface area contributed by atoms with Crippen LogP contribution >= 0.6 is 0 Å². The molecule has 1 amide bonds. The first kappa shape index (κ1) is 11.8. The van der Waals surface area contributed by atoms with Crippen LogP contribution < -0.4 is 11.1 Å². The van der Waals surface area contributed by atoms with Gasteiger partial charge in [-0.3, -0.25) is 4.79 Å². The Kier molecular flexibility index (Phi) is 2.72. The lowest BCUT2D eigenvalue weighted by Crippen LogP contribution is -2.37. The molecule has 0 aromatic rings. The molecule has 100 valence electrons. The van der Waals surface area contributed by atoms with Crippen LogP contribution in [0.5, 0.6) is 0 Å². The third-order valence-corrected chi connectivity index (χ3v) is 5.07. The maximum absolute atomic E-state index is 12.2. The Hall–Kier alpha value is -1.26. The third-order valence-electron chi connectivity index (χ3n) is 5.07. The molecule has 3 saturated carbocycles. The Bertz CT molecular complexity index is 380. The van der Waals surface area contributed by atoms with E-state index in [0.29, 0.717) is 18.3 Å². The molecule has 0 spiro atoms. The number of nitrogens with two attached hydrogens (primary N) is 1. The van der Waals surface area contributed by atoms with Gasteiger partial charge in [-0.05, 0) is 49.9 Å². The fourth-order valence-electron chi connectivity index (χ4n) is 4.42. The molecule has 3 fully saturated rings. The van der Waals surface area contributed by atoms with E-state index in [9.17, 15) is 4.79 Å². The summed E-state index contributed by atoms with van der Waals surface area (Å²) < 4.78 is 0. The first-order valence-electron chi connectivity index (χ1n) is 6.88. The molecule has 3 aliphatic carbocycles. The highest BCUT2D eigenvalue weighted by Crippen LogP contribution is 2.69. The van der Waals surface area contributed by atoms with Crippen molar-refractivity contribution in [2.75, 3.05) is 0 Å². The second-order valence-electron chi connectivity index (χ2n) is 6.22. The molecule has 5 atom stereocenters. The Labute approximate surface area is 107 Å². The predicted molar refractivity (Wildman–Crippen MR) is 66.9 cm³/mol. The van der Waals surface area contributed by atoms with Crippen molar-refractivity contribution in [1.29, 1.82) is 0 Å². The highest BCUT2D eigenvalue weighted by atomic mass is 16.4. The topological polar surface area (TPSA) is 87.7 Å². The first-order valence-corrected chi connectivity index (χ1v) is 6.88. The van der Waals surface area contributed by atoms with Crippen LogP contribution in [0, 0.1) is 29.6 Å². The summed E-state index contributed by atoms with van der Waals surface area (Å²) in [6, 6.07) is -0.0626. The van der Waals surface area contributed by atoms with Gasteiger partial charge in [-0.25, -0.2) is 0 Å². The molecular formula is C13H21N3O2. The number of hydrogen-bond donors (Lipinski definition) is 3. The molecule has 0 saturated heterocycles. The first-order chi connectivity index (χ1) is 8.61. The zero-order valence-corrected chi connectivity index (χ0v) is 10.7. The SMILES string of the molecule is CC(CC(N)=NO)NC(=O)C1C2C3CCC(C3)C12.